The van der Waals surface area contributed by atoms with E-state index in [2.05, 4.69) is 9.71 Å². The van der Waals surface area contributed by atoms with Crippen LogP contribution in [0, 0.1) is 10.1 Å². The summed E-state index contributed by atoms with van der Waals surface area (Å²) in [4.78, 5) is 14.4. The number of hydrogen-bond acceptors (Lipinski definition) is 6. The molecule has 4 aromatic rings. The van der Waals surface area contributed by atoms with Crippen LogP contribution in [0.25, 0.3) is 22.6 Å². The second-order valence-corrected chi connectivity index (χ2v) is 8.19. The van der Waals surface area contributed by atoms with Gasteiger partial charge in [0.05, 0.1) is 9.82 Å². The summed E-state index contributed by atoms with van der Waals surface area (Å²) in [6.45, 7) is 0. The average Bonchev–Trinajstić information content (AvgIpc) is 3.11. The van der Waals surface area contributed by atoms with Crippen molar-refractivity contribution in [3.8, 4) is 11.5 Å². The molecule has 1 heterocycles. The number of fused-ring (bicyclic) bond motifs is 1. The summed E-state index contributed by atoms with van der Waals surface area (Å²) in [5.41, 5.74) is 1.81. The molecule has 0 spiro atoms. The summed E-state index contributed by atoms with van der Waals surface area (Å²) in [6, 6.07) is 16.2. The molecule has 3 aromatic carbocycles. The van der Waals surface area contributed by atoms with Crippen molar-refractivity contribution in [3.63, 3.8) is 0 Å². The van der Waals surface area contributed by atoms with Gasteiger partial charge in [-0.2, -0.15) is 0 Å². The number of nitro groups is 1. The summed E-state index contributed by atoms with van der Waals surface area (Å²) < 4.78 is 33.3. The number of nitrogens with zero attached hydrogens (tertiary/aromatic N) is 2. The van der Waals surface area contributed by atoms with E-state index in [9.17, 15) is 18.5 Å². The molecule has 146 valence electrons. The molecule has 0 fully saturated rings. The van der Waals surface area contributed by atoms with Crippen LogP contribution in [0.5, 0.6) is 0 Å². The molecule has 0 bridgehead atoms. The van der Waals surface area contributed by atoms with Gasteiger partial charge in [-0.3, -0.25) is 14.8 Å². The zero-order valence-electron chi connectivity index (χ0n) is 14.6. The first kappa shape index (κ1) is 18.9. The number of anilines is 1. The molecule has 10 heteroatoms. The monoisotopic (exact) mass is 429 g/mol. The van der Waals surface area contributed by atoms with E-state index in [-0.39, 0.29) is 10.6 Å². The highest BCUT2D eigenvalue weighted by atomic mass is 35.5. The van der Waals surface area contributed by atoms with Crippen LogP contribution in [-0.4, -0.2) is 18.3 Å². The summed E-state index contributed by atoms with van der Waals surface area (Å²) in [6.07, 6.45) is 0. The molecule has 0 unspecified atom stereocenters. The molecular formula is C19H12ClN3O5S. The quantitative estimate of drug-likeness (QED) is 0.358. The smallest absolute Gasteiger partial charge is 0.269 e. The molecule has 8 nitrogen and oxygen atoms in total. The molecule has 0 saturated carbocycles. The summed E-state index contributed by atoms with van der Waals surface area (Å²) in [5.74, 6) is 0.318. The van der Waals surface area contributed by atoms with Gasteiger partial charge in [0.1, 0.15) is 5.52 Å². The molecule has 29 heavy (non-hydrogen) atoms. The fraction of sp³-hybridized carbons (Fsp3) is 0. The Morgan fingerprint density at radius 2 is 1.79 bits per heavy atom. The lowest BCUT2D eigenvalue weighted by Gasteiger charge is -2.08. The Hall–Kier alpha value is -3.43. The Bertz CT molecular complexity index is 1330. The minimum Gasteiger partial charge on any atom is -0.436 e. The molecule has 0 aliphatic heterocycles. The van der Waals surface area contributed by atoms with Gasteiger partial charge in [-0.05, 0) is 48.5 Å². The third-order valence-electron chi connectivity index (χ3n) is 4.07. The third kappa shape index (κ3) is 3.91. The van der Waals surface area contributed by atoms with Crippen LogP contribution >= 0.6 is 11.6 Å². The number of non-ortho nitro benzene ring substituents is 1. The Labute approximate surface area is 170 Å². The first-order valence-electron chi connectivity index (χ1n) is 8.26. The van der Waals surface area contributed by atoms with Crippen molar-refractivity contribution >= 4 is 44.1 Å². The van der Waals surface area contributed by atoms with Gasteiger partial charge >= 0.3 is 0 Å². The number of aromatic nitrogens is 1. The topological polar surface area (TPSA) is 115 Å². The Balaban J connectivity index is 1.63. The fourth-order valence-electron chi connectivity index (χ4n) is 2.70. The molecule has 0 atom stereocenters. The number of nitro benzene ring substituents is 1. The number of halogens is 1. The highest BCUT2D eigenvalue weighted by molar-refractivity contribution is 7.92. The summed E-state index contributed by atoms with van der Waals surface area (Å²) in [5, 5.41) is 11.3. The minimum absolute atomic E-state index is 0.0926. The van der Waals surface area contributed by atoms with Crippen molar-refractivity contribution < 1.29 is 17.8 Å². The van der Waals surface area contributed by atoms with E-state index in [1.54, 1.807) is 42.5 Å². The van der Waals surface area contributed by atoms with Crippen molar-refractivity contribution in [1.82, 2.24) is 4.98 Å². The molecule has 4 rings (SSSR count). The summed E-state index contributed by atoms with van der Waals surface area (Å²) >= 11 is 5.96. The predicted octanol–water partition coefficient (Wildman–Crippen LogP) is 4.86. The zero-order valence-corrected chi connectivity index (χ0v) is 16.1. The lowest BCUT2D eigenvalue weighted by molar-refractivity contribution is -0.384. The third-order valence-corrected chi connectivity index (χ3v) is 5.70. The molecule has 1 N–H and O–H groups in total. The van der Waals surface area contributed by atoms with E-state index in [1.807, 2.05) is 0 Å². The van der Waals surface area contributed by atoms with Gasteiger partial charge in [-0.25, -0.2) is 13.4 Å². The number of hydrogen-bond donors (Lipinski definition) is 1. The lowest BCUT2D eigenvalue weighted by Crippen LogP contribution is -2.12. The minimum atomic E-state index is -3.93. The predicted molar refractivity (Wildman–Crippen MR) is 108 cm³/mol. The molecule has 0 saturated heterocycles. The standard InChI is InChI=1S/C19H12ClN3O5S/c20-13-4-9-18-17(11-13)21-19(28-18)12-2-1-3-14(10-12)22-29(26,27)16-7-5-15(6-8-16)23(24)25/h1-11,22H. The van der Waals surface area contributed by atoms with Gasteiger partial charge in [-0.15, -0.1) is 0 Å². The van der Waals surface area contributed by atoms with Gasteiger partial charge in [0.15, 0.2) is 5.58 Å². The van der Waals surface area contributed by atoms with Crippen LogP contribution in [0.3, 0.4) is 0 Å². The van der Waals surface area contributed by atoms with E-state index in [0.717, 1.165) is 12.1 Å². The Morgan fingerprint density at radius 1 is 1.03 bits per heavy atom. The normalized spacial score (nSPS) is 11.5. The van der Waals surface area contributed by atoms with Gasteiger partial charge in [0.25, 0.3) is 15.7 Å². The zero-order chi connectivity index (χ0) is 20.6. The second-order valence-electron chi connectivity index (χ2n) is 6.07. The van der Waals surface area contributed by atoms with E-state index in [4.69, 9.17) is 16.0 Å². The number of rotatable bonds is 5. The largest absolute Gasteiger partial charge is 0.436 e. The number of nitrogens with one attached hydrogen (secondary N) is 1. The molecular weight excluding hydrogens is 418 g/mol. The van der Waals surface area contributed by atoms with Gasteiger partial charge in [0, 0.05) is 28.4 Å². The van der Waals surface area contributed by atoms with Crippen molar-refractivity contribution in [1.29, 1.82) is 0 Å². The Kier molecular flexibility index (Phi) is 4.69. The van der Waals surface area contributed by atoms with E-state index >= 15 is 0 Å². The van der Waals surface area contributed by atoms with Crippen LogP contribution in [0.2, 0.25) is 5.02 Å². The van der Waals surface area contributed by atoms with E-state index in [0.29, 0.717) is 33.3 Å². The van der Waals surface area contributed by atoms with Gasteiger partial charge < -0.3 is 4.42 Å². The first-order valence-corrected chi connectivity index (χ1v) is 10.1. The Morgan fingerprint density at radius 3 is 2.52 bits per heavy atom. The maximum atomic E-state index is 12.6. The number of sulfonamides is 1. The highest BCUT2D eigenvalue weighted by Gasteiger charge is 2.17. The van der Waals surface area contributed by atoms with Crippen LogP contribution in [-0.2, 0) is 10.0 Å². The maximum absolute atomic E-state index is 12.6. The van der Waals surface area contributed by atoms with Crippen molar-refractivity contribution in [2.24, 2.45) is 0 Å². The molecule has 0 aliphatic rings. The van der Waals surface area contributed by atoms with E-state index in [1.165, 1.54) is 12.1 Å². The fourth-order valence-corrected chi connectivity index (χ4v) is 3.92. The van der Waals surface area contributed by atoms with Gasteiger partial charge in [-0.1, -0.05) is 17.7 Å². The van der Waals surface area contributed by atoms with Gasteiger partial charge in [0.2, 0.25) is 5.89 Å². The first-order chi connectivity index (χ1) is 13.8. The average molecular weight is 430 g/mol. The van der Waals surface area contributed by atoms with Crippen LogP contribution in [0.4, 0.5) is 11.4 Å². The van der Waals surface area contributed by atoms with Crippen molar-refractivity contribution in [2.45, 2.75) is 4.90 Å². The van der Waals surface area contributed by atoms with Crippen molar-refractivity contribution in [3.05, 3.63) is 81.9 Å². The van der Waals surface area contributed by atoms with E-state index < -0.39 is 14.9 Å². The SMILES string of the molecule is O=[N+]([O-])c1ccc(S(=O)(=O)Nc2cccc(-c3nc4cc(Cl)ccc4o3)c2)cc1. The molecule has 0 radical (unpaired) electrons. The van der Waals surface area contributed by atoms with Crippen LogP contribution in [0.1, 0.15) is 0 Å². The highest BCUT2D eigenvalue weighted by Crippen LogP contribution is 2.28. The maximum Gasteiger partial charge on any atom is 0.269 e. The van der Waals surface area contributed by atoms with Crippen molar-refractivity contribution in [2.75, 3.05) is 4.72 Å². The summed E-state index contributed by atoms with van der Waals surface area (Å²) in [7, 11) is -3.93. The molecule has 1 aromatic heterocycles. The van der Waals surface area contributed by atoms with Crippen LogP contribution in [0.15, 0.2) is 76.0 Å². The number of benzene rings is 3. The van der Waals surface area contributed by atoms with Crippen LogP contribution < -0.4 is 4.72 Å². The molecule has 0 amide bonds. The molecule has 0 aliphatic carbocycles. The lowest BCUT2D eigenvalue weighted by atomic mass is 10.2. The number of oxazole rings is 1. The second kappa shape index (κ2) is 7.19.